The molecule has 0 heterocycles. The van der Waals surface area contributed by atoms with Crippen LogP contribution < -0.4 is 9.47 Å². The van der Waals surface area contributed by atoms with E-state index >= 15 is 0 Å². The van der Waals surface area contributed by atoms with Gasteiger partial charge in [0.15, 0.2) is 0 Å². The SMILES string of the molecule is C=Cc1ccc(COc2cccc3c(OCc4ccc(C=C)cc4)cccc23)cc1. The fourth-order valence-corrected chi connectivity index (χ4v) is 3.33. The van der Waals surface area contributed by atoms with E-state index in [1.807, 2.05) is 60.7 Å². The Labute approximate surface area is 177 Å². The van der Waals surface area contributed by atoms with E-state index in [-0.39, 0.29) is 0 Å². The van der Waals surface area contributed by atoms with Crippen LogP contribution in [-0.2, 0) is 13.2 Å². The minimum atomic E-state index is 0.511. The van der Waals surface area contributed by atoms with E-state index in [1.54, 1.807) is 0 Å². The summed E-state index contributed by atoms with van der Waals surface area (Å²) in [5, 5.41) is 2.08. The van der Waals surface area contributed by atoms with Gasteiger partial charge in [-0.25, -0.2) is 0 Å². The zero-order valence-electron chi connectivity index (χ0n) is 16.9. The van der Waals surface area contributed by atoms with Gasteiger partial charge in [0.2, 0.25) is 0 Å². The quantitative estimate of drug-likeness (QED) is 0.313. The van der Waals surface area contributed by atoms with Gasteiger partial charge < -0.3 is 9.47 Å². The lowest BCUT2D eigenvalue weighted by Crippen LogP contribution is -1.98. The fraction of sp³-hybridized carbons (Fsp3) is 0.0714. The Bertz CT molecular complexity index is 1060. The summed E-state index contributed by atoms with van der Waals surface area (Å²) >= 11 is 0. The summed E-state index contributed by atoms with van der Waals surface area (Å²) in [4.78, 5) is 0. The summed E-state index contributed by atoms with van der Waals surface area (Å²) in [6.45, 7) is 8.61. The Balaban J connectivity index is 1.51. The number of hydrogen-bond acceptors (Lipinski definition) is 2. The van der Waals surface area contributed by atoms with Crippen LogP contribution in [0.5, 0.6) is 11.5 Å². The van der Waals surface area contributed by atoms with Gasteiger partial charge in [-0.15, -0.1) is 0 Å². The number of ether oxygens (including phenoxy) is 2. The van der Waals surface area contributed by atoms with Crippen LogP contribution in [0.1, 0.15) is 22.3 Å². The second kappa shape index (κ2) is 9.15. The lowest BCUT2D eigenvalue weighted by molar-refractivity contribution is 0.306. The van der Waals surface area contributed by atoms with Gasteiger partial charge in [0.1, 0.15) is 24.7 Å². The van der Waals surface area contributed by atoms with Crippen molar-refractivity contribution < 1.29 is 9.47 Å². The van der Waals surface area contributed by atoms with Crippen molar-refractivity contribution in [1.29, 1.82) is 0 Å². The highest BCUT2D eigenvalue weighted by Crippen LogP contribution is 2.33. The van der Waals surface area contributed by atoms with Crippen molar-refractivity contribution in [2.75, 3.05) is 0 Å². The first-order chi connectivity index (χ1) is 14.8. The molecular formula is C28H24O2. The molecule has 0 saturated heterocycles. The minimum Gasteiger partial charge on any atom is -0.488 e. The van der Waals surface area contributed by atoms with Crippen molar-refractivity contribution in [3.63, 3.8) is 0 Å². The van der Waals surface area contributed by atoms with Gasteiger partial charge in [0, 0.05) is 10.8 Å². The first kappa shape index (κ1) is 19.5. The molecular weight excluding hydrogens is 368 g/mol. The van der Waals surface area contributed by atoms with E-state index in [0.717, 1.165) is 44.5 Å². The number of rotatable bonds is 8. The molecule has 0 N–H and O–H groups in total. The second-order valence-electron chi connectivity index (χ2n) is 7.08. The van der Waals surface area contributed by atoms with Crippen molar-refractivity contribution in [3.8, 4) is 11.5 Å². The van der Waals surface area contributed by atoms with E-state index in [0.29, 0.717) is 13.2 Å². The summed E-state index contributed by atoms with van der Waals surface area (Å²) in [5.41, 5.74) is 4.44. The van der Waals surface area contributed by atoms with Crippen molar-refractivity contribution in [1.82, 2.24) is 0 Å². The third kappa shape index (κ3) is 4.44. The van der Waals surface area contributed by atoms with Crippen LogP contribution >= 0.6 is 0 Å². The first-order valence-corrected chi connectivity index (χ1v) is 9.97. The number of benzene rings is 4. The first-order valence-electron chi connectivity index (χ1n) is 9.97. The molecule has 0 aliphatic rings. The molecule has 0 atom stereocenters. The molecule has 0 aliphatic heterocycles. The highest BCUT2D eigenvalue weighted by molar-refractivity contribution is 5.93. The Morgan fingerprint density at radius 1 is 0.533 bits per heavy atom. The molecule has 0 unspecified atom stereocenters. The van der Waals surface area contributed by atoms with Crippen molar-refractivity contribution >= 4 is 22.9 Å². The zero-order chi connectivity index (χ0) is 20.8. The summed E-state index contributed by atoms with van der Waals surface area (Å²) < 4.78 is 12.3. The van der Waals surface area contributed by atoms with E-state index in [4.69, 9.17) is 9.47 Å². The highest BCUT2D eigenvalue weighted by Gasteiger charge is 2.08. The van der Waals surface area contributed by atoms with E-state index in [9.17, 15) is 0 Å². The lowest BCUT2D eigenvalue weighted by atomic mass is 10.1. The van der Waals surface area contributed by atoms with Crippen LogP contribution in [0, 0.1) is 0 Å². The number of hydrogen-bond donors (Lipinski definition) is 0. The summed E-state index contributed by atoms with van der Waals surface area (Å²) in [5.74, 6) is 1.70. The molecule has 0 saturated carbocycles. The maximum atomic E-state index is 6.13. The molecule has 0 spiro atoms. The summed E-state index contributed by atoms with van der Waals surface area (Å²) in [7, 11) is 0. The molecule has 4 aromatic rings. The molecule has 30 heavy (non-hydrogen) atoms. The third-order valence-electron chi connectivity index (χ3n) is 5.06. The average molecular weight is 392 g/mol. The largest absolute Gasteiger partial charge is 0.488 e. The van der Waals surface area contributed by atoms with E-state index in [1.165, 1.54) is 0 Å². The molecule has 4 rings (SSSR count). The monoisotopic (exact) mass is 392 g/mol. The normalized spacial score (nSPS) is 10.5. The van der Waals surface area contributed by atoms with Crippen LogP contribution in [0.25, 0.3) is 22.9 Å². The molecule has 148 valence electrons. The van der Waals surface area contributed by atoms with E-state index < -0.39 is 0 Å². The van der Waals surface area contributed by atoms with Crippen LogP contribution in [-0.4, -0.2) is 0 Å². The van der Waals surface area contributed by atoms with Crippen LogP contribution in [0.4, 0.5) is 0 Å². The van der Waals surface area contributed by atoms with Gasteiger partial charge in [-0.1, -0.05) is 98.1 Å². The minimum absolute atomic E-state index is 0.511. The molecule has 2 heteroatoms. The standard InChI is InChI=1S/C28H24O2/c1-3-21-11-15-23(16-12-21)19-29-27-9-5-8-26-25(27)7-6-10-28(26)30-20-24-17-13-22(4-2)14-18-24/h3-18H,1-2,19-20H2. The Morgan fingerprint density at radius 2 is 0.933 bits per heavy atom. The number of fused-ring (bicyclic) bond motifs is 1. The predicted octanol–water partition coefficient (Wildman–Crippen LogP) is 7.28. The predicted molar refractivity (Wildman–Crippen MR) is 126 cm³/mol. The Kier molecular flexibility index (Phi) is 5.95. The molecule has 0 amide bonds. The molecule has 0 aliphatic carbocycles. The Hall–Kier alpha value is -3.78. The molecule has 0 bridgehead atoms. The topological polar surface area (TPSA) is 18.5 Å². The molecule has 0 radical (unpaired) electrons. The average Bonchev–Trinajstić information content (AvgIpc) is 2.82. The van der Waals surface area contributed by atoms with Gasteiger partial charge in [0.05, 0.1) is 0 Å². The van der Waals surface area contributed by atoms with Crippen LogP contribution in [0.2, 0.25) is 0 Å². The lowest BCUT2D eigenvalue weighted by Gasteiger charge is -2.13. The van der Waals surface area contributed by atoms with E-state index in [2.05, 4.69) is 49.6 Å². The Morgan fingerprint density at radius 3 is 1.30 bits per heavy atom. The smallest absolute Gasteiger partial charge is 0.127 e. The van der Waals surface area contributed by atoms with Gasteiger partial charge in [-0.3, -0.25) is 0 Å². The second-order valence-corrected chi connectivity index (χ2v) is 7.08. The van der Waals surface area contributed by atoms with Crippen molar-refractivity contribution in [2.45, 2.75) is 13.2 Å². The maximum Gasteiger partial charge on any atom is 0.127 e. The third-order valence-corrected chi connectivity index (χ3v) is 5.06. The fourth-order valence-electron chi connectivity index (χ4n) is 3.33. The highest BCUT2D eigenvalue weighted by atomic mass is 16.5. The van der Waals surface area contributed by atoms with Gasteiger partial charge >= 0.3 is 0 Å². The molecule has 0 aromatic heterocycles. The van der Waals surface area contributed by atoms with Crippen LogP contribution in [0.15, 0.2) is 98.1 Å². The van der Waals surface area contributed by atoms with Crippen molar-refractivity contribution in [2.24, 2.45) is 0 Å². The molecule has 0 fully saturated rings. The zero-order valence-corrected chi connectivity index (χ0v) is 16.9. The van der Waals surface area contributed by atoms with Gasteiger partial charge in [-0.2, -0.15) is 0 Å². The van der Waals surface area contributed by atoms with Crippen LogP contribution in [0.3, 0.4) is 0 Å². The van der Waals surface area contributed by atoms with Gasteiger partial charge in [0.25, 0.3) is 0 Å². The van der Waals surface area contributed by atoms with Crippen molar-refractivity contribution in [3.05, 3.63) is 120 Å². The summed E-state index contributed by atoms with van der Waals surface area (Å²) in [6.07, 6.45) is 3.68. The molecule has 4 aromatic carbocycles. The maximum absolute atomic E-state index is 6.13. The van der Waals surface area contributed by atoms with Gasteiger partial charge in [-0.05, 0) is 34.4 Å². The molecule has 2 nitrogen and oxygen atoms in total. The summed E-state index contributed by atoms with van der Waals surface area (Å²) in [6, 6.07) is 28.6.